The molecule has 0 aliphatic rings. The number of aromatic nitrogens is 2. The lowest BCUT2D eigenvalue weighted by atomic mass is 10.1. The third-order valence-corrected chi connectivity index (χ3v) is 4.69. The van der Waals surface area contributed by atoms with Crippen molar-refractivity contribution in [3.8, 4) is 17.3 Å². The van der Waals surface area contributed by atoms with E-state index in [9.17, 15) is 10.1 Å². The van der Waals surface area contributed by atoms with Crippen molar-refractivity contribution in [3.05, 3.63) is 44.2 Å². The van der Waals surface area contributed by atoms with Gasteiger partial charge in [0.05, 0.1) is 10.7 Å². The van der Waals surface area contributed by atoms with Gasteiger partial charge in [-0.1, -0.05) is 54.7 Å². The minimum absolute atomic E-state index is 0.0490. The molecule has 23 heavy (non-hydrogen) atoms. The monoisotopic (exact) mass is 367 g/mol. The fourth-order valence-electron chi connectivity index (χ4n) is 2.02. The van der Waals surface area contributed by atoms with Gasteiger partial charge in [-0.15, -0.1) is 0 Å². The van der Waals surface area contributed by atoms with Crippen LogP contribution in [0.4, 0.5) is 0 Å². The summed E-state index contributed by atoms with van der Waals surface area (Å²) in [6.07, 6.45) is 3.30. The van der Waals surface area contributed by atoms with Crippen molar-refractivity contribution >= 4 is 35.0 Å². The van der Waals surface area contributed by atoms with E-state index in [4.69, 9.17) is 23.2 Å². The zero-order valence-corrected chi connectivity index (χ0v) is 14.9. The highest BCUT2D eigenvalue weighted by Crippen LogP contribution is 2.31. The number of nitriles is 1. The predicted octanol–water partition coefficient (Wildman–Crippen LogP) is 4.90. The van der Waals surface area contributed by atoms with Crippen LogP contribution in [-0.2, 0) is 0 Å². The first kappa shape index (κ1) is 17.9. The molecule has 2 rings (SSSR count). The van der Waals surface area contributed by atoms with E-state index in [1.165, 1.54) is 11.8 Å². The number of H-pyrrole nitrogens is 1. The van der Waals surface area contributed by atoms with Gasteiger partial charge in [-0.2, -0.15) is 5.26 Å². The second kappa shape index (κ2) is 8.39. The molecule has 1 N–H and O–H groups in total. The van der Waals surface area contributed by atoms with E-state index in [1.807, 2.05) is 6.07 Å². The summed E-state index contributed by atoms with van der Waals surface area (Å²) >= 11 is 13.6. The van der Waals surface area contributed by atoms with Gasteiger partial charge in [0.1, 0.15) is 11.6 Å². The van der Waals surface area contributed by atoms with E-state index in [1.54, 1.807) is 18.2 Å². The second-order valence-electron chi connectivity index (χ2n) is 4.89. The molecule has 0 spiro atoms. The van der Waals surface area contributed by atoms with Crippen molar-refractivity contribution in [2.45, 2.75) is 31.3 Å². The van der Waals surface area contributed by atoms with E-state index in [2.05, 4.69) is 16.9 Å². The fourth-order valence-corrected chi connectivity index (χ4v) is 3.38. The van der Waals surface area contributed by atoms with Crippen LogP contribution in [0.15, 0.2) is 28.2 Å². The Morgan fingerprint density at radius 1 is 1.35 bits per heavy atom. The number of hydrogen-bond acceptors (Lipinski definition) is 4. The summed E-state index contributed by atoms with van der Waals surface area (Å²) in [4.78, 5) is 19.2. The highest BCUT2D eigenvalue weighted by molar-refractivity contribution is 7.99. The molecule has 1 aromatic carbocycles. The molecule has 0 unspecified atom stereocenters. The highest BCUT2D eigenvalue weighted by Gasteiger charge is 2.16. The van der Waals surface area contributed by atoms with Gasteiger partial charge < -0.3 is 4.98 Å². The number of halogens is 2. The normalized spacial score (nSPS) is 10.5. The zero-order chi connectivity index (χ0) is 16.8. The molecule has 0 fully saturated rings. The van der Waals surface area contributed by atoms with Gasteiger partial charge in [0, 0.05) is 16.3 Å². The van der Waals surface area contributed by atoms with Crippen LogP contribution in [-0.4, -0.2) is 15.7 Å². The summed E-state index contributed by atoms with van der Waals surface area (Å²) in [5.41, 5.74) is 0.304. The van der Waals surface area contributed by atoms with Crippen molar-refractivity contribution in [2.24, 2.45) is 0 Å². The Bertz CT molecular complexity index is 799. The van der Waals surface area contributed by atoms with Crippen LogP contribution in [0, 0.1) is 11.3 Å². The van der Waals surface area contributed by atoms with Gasteiger partial charge in [-0.05, 0) is 24.6 Å². The molecule has 0 saturated heterocycles. The molecule has 7 heteroatoms. The molecule has 0 saturated carbocycles. The van der Waals surface area contributed by atoms with E-state index in [0.717, 1.165) is 25.0 Å². The van der Waals surface area contributed by atoms with E-state index in [0.29, 0.717) is 20.8 Å². The maximum absolute atomic E-state index is 12.1. The lowest BCUT2D eigenvalue weighted by Crippen LogP contribution is -2.15. The molecular formula is C16H15Cl2N3OS. The molecular weight excluding hydrogens is 353 g/mol. The Kier molecular flexibility index (Phi) is 6.52. The smallest absolute Gasteiger partial charge is 0.270 e. The third-order valence-electron chi connectivity index (χ3n) is 3.18. The summed E-state index contributed by atoms with van der Waals surface area (Å²) in [5.74, 6) is 0.858. The van der Waals surface area contributed by atoms with Gasteiger partial charge in [-0.25, -0.2) is 4.98 Å². The summed E-state index contributed by atoms with van der Waals surface area (Å²) in [6, 6.07) is 6.79. The Balaban J connectivity index is 2.42. The van der Waals surface area contributed by atoms with Crippen molar-refractivity contribution in [2.75, 3.05) is 5.75 Å². The topological polar surface area (TPSA) is 69.5 Å². The Hall–Kier alpha value is -1.48. The number of nitrogens with zero attached hydrogens (tertiary/aromatic N) is 2. The van der Waals surface area contributed by atoms with Gasteiger partial charge >= 0.3 is 0 Å². The number of aromatic amines is 1. The molecule has 2 aromatic rings. The summed E-state index contributed by atoms with van der Waals surface area (Å²) in [7, 11) is 0. The Morgan fingerprint density at radius 2 is 2.13 bits per heavy atom. The van der Waals surface area contributed by atoms with Crippen molar-refractivity contribution in [3.63, 3.8) is 0 Å². The average Bonchev–Trinajstić information content (AvgIpc) is 2.51. The maximum Gasteiger partial charge on any atom is 0.270 e. The predicted molar refractivity (Wildman–Crippen MR) is 95.3 cm³/mol. The molecule has 1 heterocycles. The minimum Gasteiger partial charge on any atom is -0.300 e. The molecule has 0 aliphatic heterocycles. The van der Waals surface area contributed by atoms with Crippen LogP contribution in [0.2, 0.25) is 10.0 Å². The molecule has 0 atom stereocenters. The van der Waals surface area contributed by atoms with Crippen LogP contribution in [0.1, 0.15) is 31.7 Å². The first-order valence-corrected chi connectivity index (χ1v) is 8.93. The lowest BCUT2D eigenvalue weighted by molar-refractivity contribution is 0.777. The number of hydrogen-bond donors (Lipinski definition) is 1. The molecule has 1 aromatic heterocycles. The average molecular weight is 368 g/mol. The maximum atomic E-state index is 12.1. The minimum atomic E-state index is -0.457. The van der Waals surface area contributed by atoms with Gasteiger partial charge in [0.2, 0.25) is 0 Å². The number of rotatable bonds is 6. The van der Waals surface area contributed by atoms with Crippen molar-refractivity contribution in [1.82, 2.24) is 9.97 Å². The summed E-state index contributed by atoms with van der Waals surface area (Å²) < 4.78 is 0. The van der Waals surface area contributed by atoms with Crippen LogP contribution >= 0.6 is 35.0 Å². The number of nitrogens with one attached hydrogen (secondary N) is 1. The van der Waals surface area contributed by atoms with Crippen molar-refractivity contribution in [1.29, 1.82) is 5.26 Å². The molecule has 0 radical (unpaired) electrons. The first-order valence-electron chi connectivity index (χ1n) is 7.19. The third kappa shape index (κ3) is 4.51. The van der Waals surface area contributed by atoms with E-state index in [-0.39, 0.29) is 11.3 Å². The molecule has 4 nitrogen and oxygen atoms in total. The van der Waals surface area contributed by atoms with Crippen molar-refractivity contribution < 1.29 is 0 Å². The Labute approximate surface area is 148 Å². The number of benzene rings is 1. The standard InChI is InChI=1S/C16H15Cl2N3OS/c1-2-3-4-7-23-16-20-14(12(9-19)15(22)21-16)11-6-5-10(17)8-13(11)18/h5-6,8H,2-4,7H2,1H3,(H,20,21,22). The van der Waals surface area contributed by atoms with Crippen LogP contribution in [0.5, 0.6) is 0 Å². The zero-order valence-electron chi connectivity index (χ0n) is 12.5. The van der Waals surface area contributed by atoms with Gasteiger partial charge in [0.15, 0.2) is 5.16 Å². The van der Waals surface area contributed by atoms with Crippen LogP contribution < -0.4 is 5.56 Å². The lowest BCUT2D eigenvalue weighted by Gasteiger charge is -2.08. The molecule has 0 bridgehead atoms. The quantitative estimate of drug-likeness (QED) is 0.447. The Morgan fingerprint density at radius 3 is 2.78 bits per heavy atom. The molecule has 120 valence electrons. The fraction of sp³-hybridized carbons (Fsp3) is 0.312. The highest BCUT2D eigenvalue weighted by atomic mass is 35.5. The summed E-state index contributed by atoms with van der Waals surface area (Å²) in [5, 5.41) is 10.6. The second-order valence-corrected chi connectivity index (χ2v) is 6.81. The van der Waals surface area contributed by atoms with Gasteiger partial charge in [0.25, 0.3) is 5.56 Å². The largest absolute Gasteiger partial charge is 0.300 e. The molecule has 0 amide bonds. The van der Waals surface area contributed by atoms with E-state index < -0.39 is 5.56 Å². The molecule has 0 aliphatic carbocycles. The first-order chi connectivity index (χ1) is 11.1. The number of thioether (sulfide) groups is 1. The van der Waals surface area contributed by atoms with Gasteiger partial charge in [-0.3, -0.25) is 4.79 Å². The number of unbranched alkanes of at least 4 members (excludes halogenated alkanes) is 2. The summed E-state index contributed by atoms with van der Waals surface area (Å²) in [6.45, 7) is 2.13. The van der Waals surface area contributed by atoms with E-state index >= 15 is 0 Å². The SMILES string of the molecule is CCCCCSc1nc(-c2ccc(Cl)cc2Cl)c(C#N)c(=O)[nH]1. The van der Waals surface area contributed by atoms with Crippen LogP contribution in [0.25, 0.3) is 11.3 Å². The van der Waals surface area contributed by atoms with Crippen LogP contribution in [0.3, 0.4) is 0 Å².